The number of aromatic nitrogens is 3. The fourth-order valence-corrected chi connectivity index (χ4v) is 2.52. The van der Waals surface area contributed by atoms with Gasteiger partial charge in [-0.3, -0.25) is 0 Å². The molecule has 1 unspecified atom stereocenters. The molecule has 1 atom stereocenters. The van der Waals surface area contributed by atoms with E-state index in [4.69, 9.17) is 27.9 Å². The molecule has 0 spiro atoms. The molecular weight excluding hydrogens is 352 g/mol. The third-order valence-corrected chi connectivity index (χ3v) is 4.03. The Bertz CT molecular complexity index is 779. The second-order valence-corrected chi connectivity index (χ2v) is 6.19. The van der Waals surface area contributed by atoms with E-state index in [9.17, 15) is 0 Å². The van der Waals surface area contributed by atoms with Crippen molar-refractivity contribution in [3.63, 3.8) is 0 Å². The summed E-state index contributed by atoms with van der Waals surface area (Å²) in [4.78, 5) is 0. The Balaban J connectivity index is 1.83. The zero-order chi connectivity index (χ0) is 17.0. The molecule has 3 aromatic rings. The Kier molecular flexibility index (Phi) is 5.02. The van der Waals surface area contributed by atoms with Gasteiger partial charge in [0.15, 0.2) is 5.67 Å². The molecule has 1 aromatic heterocycles. The zero-order valence-electron chi connectivity index (χ0n) is 12.6. The topological polar surface area (TPSA) is 39.9 Å². The molecular formula is C17H14Cl2FN3O. The van der Waals surface area contributed by atoms with Gasteiger partial charge in [0.2, 0.25) is 0 Å². The van der Waals surface area contributed by atoms with Gasteiger partial charge in [-0.25, -0.2) is 9.07 Å². The molecule has 0 radical (unpaired) electrons. The Morgan fingerprint density at radius 1 is 1.00 bits per heavy atom. The predicted octanol–water partition coefficient (Wildman–Crippen LogP) is 4.53. The standard InChI is InChI=1S/C17H14Cl2FN3O/c18-14-3-1-13(2-4-14)17(20,11-23-10-9-21-22-23)12-24-16-7-5-15(19)6-8-16/h1-10H,11-12H2. The van der Waals surface area contributed by atoms with Crippen molar-refractivity contribution in [2.75, 3.05) is 6.61 Å². The predicted molar refractivity (Wildman–Crippen MR) is 91.2 cm³/mol. The molecule has 0 N–H and O–H groups in total. The van der Waals surface area contributed by atoms with Crippen molar-refractivity contribution < 1.29 is 9.13 Å². The number of ether oxygens (including phenoxy) is 1. The maximum atomic E-state index is 15.7. The summed E-state index contributed by atoms with van der Waals surface area (Å²) in [6, 6.07) is 13.4. The van der Waals surface area contributed by atoms with Gasteiger partial charge in [0.1, 0.15) is 12.4 Å². The van der Waals surface area contributed by atoms with Crippen molar-refractivity contribution >= 4 is 23.2 Å². The van der Waals surface area contributed by atoms with Gasteiger partial charge in [0.25, 0.3) is 0 Å². The first kappa shape index (κ1) is 16.7. The molecule has 124 valence electrons. The summed E-state index contributed by atoms with van der Waals surface area (Å²) < 4.78 is 22.8. The van der Waals surface area contributed by atoms with Crippen LogP contribution in [0.4, 0.5) is 4.39 Å². The first-order chi connectivity index (χ1) is 11.5. The third-order valence-electron chi connectivity index (χ3n) is 3.53. The van der Waals surface area contributed by atoms with Gasteiger partial charge >= 0.3 is 0 Å². The molecule has 0 aliphatic heterocycles. The number of halogens is 3. The molecule has 4 nitrogen and oxygen atoms in total. The lowest BCUT2D eigenvalue weighted by atomic mass is 9.96. The van der Waals surface area contributed by atoms with E-state index in [0.29, 0.717) is 21.4 Å². The number of hydrogen-bond donors (Lipinski definition) is 0. The highest BCUT2D eigenvalue weighted by Crippen LogP contribution is 2.30. The maximum absolute atomic E-state index is 15.7. The van der Waals surface area contributed by atoms with E-state index in [1.807, 2.05) is 0 Å². The van der Waals surface area contributed by atoms with Crippen LogP contribution >= 0.6 is 23.2 Å². The Hall–Kier alpha value is -2.11. The summed E-state index contributed by atoms with van der Waals surface area (Å²) >= 11 is 11.7. The van der Waals surface area contributed by atoms with Gasteiger partial charge < -0.3 is 4.74 Å². The summed E-state index contributed by atoms with van der Waals surface area (Å²) in [7, 11) is 0. The molecule has 2 aromatic carbocycles. The third kappa shape index (κ3) is 4.04. The first-order valence-corrected chi connectivity index (χ1v) is 7.98. The van der Waals surface area contributed by atoms with E-state index in [0.717, 1.165) is 0 Å². The van der Waals surface area contributed by atoms with Crippen LogP contribution < -0.4 is 4.74 Å². The number of rotatable bonds is 6. The molecule has 7 heteroatoms. The van der Waals surface area contributed by atoms with E-state index in [1.165, 1.54) is 10.9 Å². The van der Waals surface area contributed by atoms with Crippen LogP contribution in [-0.2, 0) is 12.2 Å². The Labute approximate surface area is 148 Å². The second kappa shape index (κ2) is 7.20. The smallest absolute Gasteiger partial charge is 0.189 e. The normalized spacial score (nSPS) is 13.5. The van der Waals surface area contributed by atoms with Gasteiger partial charge in [-0.05, 0) is 42.0 Å². The number of nitrogens with zero attached hydrogens (tertiary/aromatic N) is 3. The summed E-state index contributed by atoms with van der Waals surface area (Å²) in [6.45, 7) is -0.210. The van der Waals surface area contributed by atoms with E-state index < -0.39 is 5.67 Å². The number of hydrogen-bond acceptors (Lipinski definition) is 3. The average molecular weight is 366 g/mol. The van der Waals surface area contributed by atoms with E-state index in [1.54, 1.807) is 54.7 Å². The molecule has 1 heterocycles. The molecule has 0 saturated heterocycles. The maximum Gasteiger partial charge on any atom is 0.189 e. The van der Waals surface area contributed by atoms with Gasteiger partial charge in [0, 0.05) is 16.2 Å². The van der Waals surface area contributed by atoms with Gasteiger partial charge in [0.05, 0.1) is 12.7 Å². The lowest BCUT2D eigenvalue weighted by Gasteiger charge is -2.26. The van der Waals surface area contributed by atoms with Crippen LogP contribution in [0.25, 0.3) is 0 Å². The Morgan fingerprint density at radius 3 is 2.21 bits per heavy atom. The minimum atomic E-state index is -1.79. The summed E-state index contributed by atoms with van der Waals surface area (Å²) in [5, 5.41) is 8.68. The lowest BCUT2D eigenvalue weighted by molar-refractivity contribution is 0.0600. The molecule has 0 bridgehead atoms. The van der Waals surface area contributed by atoms with Crippen LogP contribution in [0.15, 0.2) is 60.9 Å². The van der Waals surface area contributed by atoms with Crippen LogP contribution in [0.5, 0.6) is 5.75 Å². The van der Waals surface area contributed by atoms with Crippen molar-refractivity contribution in [2.24, 2.45) is 0 Å². The van der Waals surface area contributed by atoms with Crippen LogP contribution in [0.1, 0.15) is 5.56 Å². The Morgan fingerprint density at radius 2 is 1.62 bits per heavy atom. The molecule has 0 aliphatic rings. The van der Waals surface area contributed by atoms with Gasteiger partial charge in [-0.1, -0.05) is 40.5 Å². The summed E-state index contributed by atoms with van der Waals surface area (Å²) in [5.41, 5.74) is -1.34. The van der Waals surface area contributed by atoms with Crippen molar-refractivity contribution in [1.82, 2.24) is 15.0 Å². The molecule has 3 rings (SSSR count). The fourth-order valence-electron chi connectivity index (χ4n) is 2.27. The van der Waals surface area contributed by atoms with Crippen LogP contribution in [-0.4, -0.2) is 21.6 Å². The van der Waals surface area contributed by atoms with Crippen molar-refractivity contribution in [2.45, 2.75) is 12.2 Å². The van der Waals surface area contributed by atoms with E-state index in [-0.39, 0.29) is 13.2 Å². The van der Waals surface area contributed by atoms with Crippen molar-refractivity contribution in [3.05, 3.63) is 76.5 Å². The molecule has 0 amide bonds. The summed E-state index contributed by atoms with van der Waals surface area (Å²) in [6.07, 6.45) is 3.11. The number of alkyl halides is 1. The average Bonchev–Trinajstić information content (AvgIpc) is 3.08. The highest BCUT2D eigenvalue weighted by atomic mass is 35.5. The largest absolute Gasteiger partial charge is 0.490 e. The van der Waals surface area contributed by atoms with E-state index >= 15 is 4.39 Å². The molecule has 0 saturated carbocycles. The fraction of sp³-hybridized carbons (Fsp3) is 0.176. The lowest BCUT2D eigenvalue weighted by Crippen LogP contribution is -2.34. The minimum absolute atomic E-state index is 0.0256. The first-order valence-electron chi connectivity index (χ1n) is 7.23. The van der Waals surface area contributed by atoms with Crippen LogP contribution in [0, 0.1) is 0 Å². The quantitative estimate of drug-likeness (QED) is 0.644. The monoisotopic (exact) mass is 365 g/mol. The van der Waals surface area contributed by atoms with Gasteiger partial charge in [-0.2, -0.15) is 0 Å². The minimum Gasteiger partial charge on any atom is -0.490 e. The number of benzene rings is 2. The molecule has 24 heavy (non-hydrogen) atoms. The SMILES string of the molecule is FC(COc1ccc(Cl)cc1)(Cn1ccnn1)c1ccc(Cl)cc1. The van der Waals surface area contributed by atoms with Crippen molar-refractivity contribution in [1.29, 1.82) is 0 Å². The second-order valence-electron chi connectivity index (χ2n) is 5.32. The highest BCUT2D eigenvalue weighted by Gasteiger charge is 2.34. The van der Waals surface area contributed by atoms with Crippen molar-refractivity contribution in [3.8, 4) is 5.75 Å². The van der Waals surface area contributed by atoms with Crippen LogP contribution in [0.3, 0.4) is 0 Å². The van der Waals surface area contributed by atoms with Gasteiger partial charge in [-0.15, -0.1) is 5.10 Å². The highest BCUT2D eigenvalue weighted by molar-refractivity contribution is 6.30. The zero-order valence-corrected chi connectivity index (χ0v) is 14.1. The molecule has 0 aliphatic carbocycles. The van der Waals surface area contributed by atoms with Crippen LogP contribution in [0.2, 0.25) is 10.0 Å². The summed E-state index contributed by atoms with van der Waals surface area (Å²) in [5.74, 6) is 0.536. The molecule has 0 fully saturated rings. The van der Waals surface area contributed by atoms with E-state index in [2.05, 4.69) is 10.3 Å².